The van der Waals surface area contributed by atoms with Crippen LogP contribution in [0.4, 0.5) is 8.78 Å². The summed E-state index contributed by atoms with van der Waals surface area (Å²) in [6.45, 7) is 9.56. The summed E-state index contributed by atoms with van der Waals surface area (Å²) in [7, 11) is 0. The highest BCUT2D eigenvalue weighted by Crippen LogP contribution is 2.24. The summed E-state index contributed by atoms with van der Waals surface area (Å²) in [6, 6.07) is 7.34. The lowest BCUT2D eigenvalue weighted by atomic mass is 10.2. The van der Waals surface area contributed by atoms with Gasteiger partial charge in [0.25, 0.3) is 6.43 Å². The lowest BCUT2D eigenvalue weighted by Crippen LogP contribution is -2.28. The maximum atomic E-state index is 12.8. The van der Waals surface area contributed by atoms with Crippen LogP contribution in [0.1, 0.15) is 38.0 Å². The molecule has 0 aliphatic heterocycles. The van der Waals surface area contributed by atoms with Crippen molar-refractivity contribution < 1.29 is 13.5 Å². The molecule has 0 aliphatic carbocycles. The zero-order valence-electron chi connectivity index (χ0n) is 14.5. The minimum absolute atomic E-state index is 0.0362. The average Bonchev–Trinajstić information content (AvgIpc) is 2.96. The van der Waals surface area contributed by atoms with Crippen LogP contribution in [0.3, 0.4) is 0 Å². The van der Waals surface area contributed by atoms with Crippen LogP contribution in [-0.2, 0) is 0 Å². The molecule has 0 fully saturated rings. The number of hydrogen-bond acceptors (Lipinski definition) is 3. The van der Waals surface area contributed by atoms with Crippen LogP contribution >= 0.6 is 0 Å². The monoisotopic (exact) mass is 337 g/mol. The molecule has 2 aromatic rings. The van der Waals surface area contributed by atoms with E-state index in [1.165, 1.54) is 10.9 Å². The topological polar surface area (TPSA) is 30.3 Å². The Hall–Kier alpha value is -1.95. The molecule has 0 saturated heterocycles. The second kappa shape index (κ2) is 8.78. The summed E-state index contributed by atoms with van der Waals surface area (Å²) in [5.41, 5.74) is 1.16. The summed E-state index contributed by atoms with van der Waals surface area (Å²) in [6.07, 6.45) is -0.157. The van der Waals surface area contributed by atoms with Crippen molar-refractivity contribution in [1.82, 2.24) is 14.7 Å². The lowest BCUT2D eigenvalue weighted by molar-refractivity contribution is 0.150. The first-order valence-corrected chi connectivity index (χ1v) is 8.35. The predicted molar refractivity (Wildman–Crippen MR) is 91.2 cm³/mol. The Morgan fingerprint density at radius 3 is 2.42 bits per heavy atom. The summed E-state index contributed by atoms with van der Waals surface area (Å²) in [4.78, 5) is 2.34. The number of rotatable bonds is 9. The van der Waals surface area contributed by atoms with Gasteiger partial charge in [-0.25, -0.2) is 13.5 Å². The SMILES string of the molecule is CCCN(CC)CCOc1ccc(-n2ncc(C(F)F)c2C)cc1. The van der Waals surface area contributed by atoms with E-state index in [1.807, 2.05) is 24.3 Å². The van der Waals surface area contributed by atoms with Crippen LogP contribution in [0, 0.1) is 6.92 Å². The van der Waals surface area contributed by atoms with E-state index >= 15 is 0 Å². The van der Waals surface area contributed by atoms with Crippen LogP contribution < -0.4 is 4.74 Å². The molecule has 0 radical (unpaired) electrons. The molecule has 1 aromatic carbocycles. The van der Waals surface area contributed by atoms with Crippen molar-refractivity contribution in [3.63, 3.8) is 0 Å². The maximum absolute atomic E-state index is 12.8. The molecule has 0 bridgehead atoms. The fourth-order valence-corrected chi connectivity index (χ4v) is 2.62. The third-order valence-electron chi connectivity index (χ3n) is 4.03. The van der Waals surface area contributed by atoms with Gasteiger partial charge in [-0.2, -0.15) is 5.10 Å². The highest BCUT2D eigenvalue weighted by Gasteiger charge is 2.16. The van der Waals surface area contributed by atoms with Crippen molar-refractivity contribution in [2.75, 3.05) is 26.2 Å². The number of halogens is 2. The average molecular weight is 337 g/mol. The molecule has 2 rings (SSSR count). The second-order valence-corrected chi connectivity index (χ2v) is 5.67. The standard InChI is InChI=1S/C18H25F2N3O/c1-4-10-22(5-2)11-12-24-16-8-6-15(7-9-16)23-14(3)17(13-21-23)18(19)20/h6-9,13,18H,4-5,10-12H2,1-3H3. The summed E-state index contributed by atoms with van der Waals surface area (Å²) < 4.78 is 32.9. The molecule has 4 nitrogen and oxygen atoms in total. The highest BCUT2D eigenvalue weighted by atomic mass is 19.3. The van der Waals surface area contributed by atoms with Gasteiger partial charge < -0.3 is 9.64 Å². The Morgan fingerprint density at radius 1 is 1.17 bits per heavy atom. The Morgan fingerprint density at radius 2 is 1.88 bits per heavy atom. The third kappa shape index (κ3) is 4.54. The molecule has 0 saturated carbocycles. The van der Waals surface area contributed by atoms with Crippen LogP contribution in [-0.4, -0.2) is 40.9 Å². The molecular weight excluding hydrogens is 312 g/mol. The highest BCUT2D eigenvalue weighted by molar-refractivity contribution is 5.39. The molecule has 1 heterocycles. The predicted octanol–water partition coefficient (Wildman–Crippen LogP) is 4.23. The molecule has 132 valence electrons. The third-order valence-corrected chi connectivity index (χ3v) is 4.03. The molecule has 0 unspecified atom stereocenters. The Bertz CT molecular complexity index is 626. The number of benzene rings is 1. The van der Waals surface area contributed by atoms with Gasteiger partial charge in [-0.15, -0.1) is 0 Å². The Labute approximate surface area is 142 Å². The molecule has 0 atom stereocenters. The van der Waals surface area contributed by atoms with E-state index in [0.717, 1.165) is 37.5 Å². The molecular formula is C18H25F2N3O. The van der Waals surface area contributed by atoms with Crippen molar-refractivity contribution in [3.05, 3.63) is 41.7 Å². The zero-order valence-corrected chi connectivity index (χ0v) is 14.5. The second-order valence-electron chi connectivity index (χ2n) is 5.67. The maximum Gasteiger partial charge on any atom is 0.267 e. The van der Waals surface area contributed by atoms with Crippen molar-refractivity contribution in [2.24, 2.45) is 0 Å². The van der Waals surface area contributed by atoms with E-state index in [1.54, 1.807) is 6.92 Å². The van der Waals surface area contributed by atoms with Gasteiger partial charge in [-0.1, -0.05) is 13.8 Å². The fraction of sp³-hybridized carbons (Fsp3) is 0.500. The number of likely N-dealkylation sites (N-methyl/N-ethyl adjacent to an activating group) is 1. The van der Waals surface area contributed by atoms with E-state index in [2.05, 4.69) is 23.8 Å². The summed E-state index contributed by atoms with van der Waals surface area (Å²) in [5.74, 6) is 0.769. The van der Waals surface area contributed by atoms with E-state index in [4.69, 9.17) is 4.74 Å². The quantitative estimate of drug-likeness (QED) is 0.686. The first-order valence-electron chi connectivity index (χ1n) is 8.35. The van der Waals surface area contributed by atoms with Gasteiger partial charge in [-0.05, 0) is 50.7 Å². The van der Waals surface area contributed by atoms with Gasteiger partial charge in [0.1, 0.15) is 12.4 Å². The molecule has 0 amide bonds. The minimum Gasteiger partial charge on any atom is -0.492 e. The van der Waals surface area contributed by atoms with Crippen molar-refractivity contribution in [3.8, 4) is 11.4 Å². The van der Waals surface area contributed by atoms with E-state index in [-0.39, 0.29) is 5.56 Å². The van der Waals surface area contributed by atoms with E-state index in [9.17, 15) is 8.78 Å². The molecule has 6 heteroatoms. The van der Waals surface area contributed by atoms with Crippen LogP contribution in [0.15, 0.2) is 30.5 Å². The molecule has 1 aromatic heterocycles. The first-order chi connectivity index (χ1) is 11.6. The van der Waals surface area contributed by atoms with Crippen LogP contribution in [0.2, 0.25) is 0 Å². The number of alkyl halides is 2. The van der Waals surface area contributed by atoms with Crippen molar-refractivity contribution >= 4 is 0 Å². The van der Waals surface area contributed by atoms with Crippen molar-refractivity contribution in [1.29, 1.82) is 0 Å². The Kier molecular flexibility index (Phi) is 6.73. The largest absolute Gasteiger partial charge is 0.492 e. The number of hydrogen-bond donors (Lipinski definition) is 0. The van der Waals surface area contributed by atoms with Crippen LogP contribution in [0.25, 0.3) is 5.69 Å². The van der Waals surface area contributed by atoms with Gasteiger partial charge in [0.15, 0.2) is 0 Å². The molecule has 0 N–H and O–H groups in total. The molecule has 0 spiro atoms. The van der Waals surface area contributed by atoms with Gasteiger partial charge in [0, 0.05) is 6.54 Å². The number of nitrogens with zero attached hydrogens (tertiary/aromatic N) is 3. The van der Waals surface area contributed by atoms with Crippen LogP contribution in [0.5, 0.6) is 5.75 Å². The summed E-state index contributed by atoms with van der Waals surface area (Å²) in [5, 5.41) is 4.04. The molecule has 24 heavy (non-hydrogen) atoms. The first kappa shape index (κ1) is 18.4. The number of aromatic nitrogens is 2. The van der Waals surface area contributed by atoms with Gasteiger partial charge in [0.2, 0.25) is 0 Å². The smallest absolute Gasteiger partial charge is 0.267 e. The van der Waals surface area contributed by atoms with Crippen molar-refractivity contribution in [2.45, 2.75) is 33.6 Å². The van der Waals surface area contributed by atoms with Gasteiger partial charge >= 0.3 is 0 Å². The zero-order chi connectivity index (χ0) is 17.5. The van der Waals surface area contributed by atoms with E-state index in [0.29, 0.717) is 12.3 Å². The van der Waals surface area contributed by atoms with E-state index < -0.39 is 6.43 Å². The fourth-order valence-electron chi connectivity index (χ4n) is 2.62. The van der Waals surface area contributed by atoms with Gasteiger partial charge in [0.05, 0.1) is 23.1 Å². The molecule has 0 aliphatic rings. The normalized spacial score (nSPS) is 11.5. The number of ether oxygens (including phenoxy) is 1. The van der Waals surface area contributed by atoms with Gasteiger partial charge in [-0.3, -0.25) is 0 Å². The summed E-state index contributed by atoms with van der Waals surface area (Å²) >= 11 is 0. The lowest BCUT2D eigenvalue weighted by Gasteiger charge is -2.19. The minimum atomic E-state index is -2.51. The Balaban J connectivity index is 1.96.